The molecule has 1 amide bonds. The molecule has 1 heterocycles. The smallest absolute Gasteiger partial charge is 0.251 e. The number of carbonyl (C=O) groups excluding carboxylic acids is 1. The Kier molecular flexibility index (Phi) is 6.89. The molecule has 0 unspecified atom stereocenters. The van der Waals surface area contributed by atoms with Gasteiger partial charge in [0, 0.05) is 22.9 Å². The van der Waals surface area contributed by atoms with Crippen molar-refractivity contribution in [3.8, 4) is 0 Å². The summed E-state index contributed by atoms with van der Waals surface area (Å²) in [5, 5.41) is 5.82. The molecule has 108 valence electrons. The monoisotopic (exact) mass is 347 g/mol. The Morgan fingerprint density at radius 1 is 1.30 bits per heavy atom. The van der Waals surface area contributed by atoms with Gasteiger partial charge in [-0.1, -0.05) is 29.3 Å². The topological polar surface area (TPSA) is 29.1 Å². The lowest BCUT2D eigenvalue weighted by atomic mass is 10.1. The van der Waals surface area contributed by atoms with E-state index in [4.69, 9.17) is 23.2 Å². The van der Waals surface area contributed by atoms with Gasteiger partial charge < -0.3 is 5.32 Å². The highest BCUT2D eigenvalue weighted by Crippen LogP contribution is 2.22. The van der Waals surface area contributed by atoms with E-state index in [1.54, 1.807) is 29.5 Å². The predicted molar refractivity (Wildman–Crippen MR) is 91.8 cm³/mol. The summed E-state index contributed by atoms with van der Waals surface area (Å²) >= 11 is 13.4. The number of benzene rings is 1. The minimum atomic E-state index is -0.136. The van der Waals surface area contributed by atoms with Gasteiger partial charge in [0.25, 0.3) is 5.91 Å². The molecule has 6 heteroatoms. The Balaban J connectivity index is 0.00000200. The minimum absolute atomic E-state index is 0. The summed E-state index contributed by atoms with van der Waals surface area (Å²) in [4.78, 5) is 13.3. The van der Waals surface area contributed by atoms with Gasteiger partial charge in [-0.2, -0.15) is 13.5 Å². The number of nitrogens with one attached hydrogen (secondary N) is 1. The molecule has 0 fully saturated rings. The van der Waals surface area contributed by atoms with Crippen molar-refractivity contribution in [3.05, 3.63) is 56.2 Å². The summed E-state index contributed by atoms with van der Waals surface area (Å²) < 4.78 is 0. The Morgan fingerprint density at radius 2 is 2.05 bits per heavy atom. The average molecular weight is 348 g/mol. The highest BCUT2D eigenvalue weighted by Gasteiger charge is 2.12. The third kappa shape index (κ3) is 4.70. The first-order valence-electron chi connectivity index (χ1n) is 5.84. The second-order valence-electron chi connectivity index (χ2n) is 4.29. The third-order valence-electron chi connectivity index (χ3n) is 2.65. The Hall–Kier alpha value is -0.680. The van der Waals surface area contributed by atoms with Crippen molar-refractivity contribution >= 4 is 53.9 Å². The fraction of sp³-hybridized carbons (Fsp3) is 0.214. The SMILES string of the molecule is C[C@@H](Cc1cccs1)NC(=O)c1ccc(Cl)c(Cl)c1.S. The van der Waals surface area contributed by atoms with Crippen molar-refractivity contribution in [2.24, 2.45) is 0 Å². The Bertz CT molecular complexity index is 573. The molecule has 0 aliphatic heterocycles. The molecule has 0 saturated heterocycles. The van der Waals surface area contributed by atoms with E-state index in [-0.39, 0.29) is 25.4 Å². The molecule has 1 aromatic heterocycles. The van der Waals surface area contributed by atoms with E-state index in [1.165, 1.54) is 4.88 Å². The average Bonchev–Trinajstić information content (AvgIpc) is 2.85. The summed E-state index contributed by atoms with van der Waals surface area (Å²) in [5.41, 5.74) is 0.521. The number of hydrogen-bond donors (Lipinski definition) is 1. The first kappa shape index (κ1) is 17.4. The summed E-state index contributed by atoms with van der Waals surface area (Å²) in [5.74, 6) is -0.136. The van der Waals surface area contributed by atoms with E-state index in [2.05, 4.69) is 11.4 Å². The van der Waals surface area contributed by atoms with Crippen LogP contribution in [0.4, 0.5) is 0 Å². The van der Waals surface area contributed by atoms with Crippen LogP contribution < -0.4 is 5.32 Å². The zero-order valence-corrected chi connectivity index (χ0v) is 14.1. The molecule has 0 saturated carbocycles. The molecule has 0 bridgehead atoms. The van der Waals surface area contributed by atoms with Gasteiger partial charge in [0.05, 0.1) is 10.0 Å². The zero-order chi connectivity index (χ0) is 13.8. The minimum Gasteiger partial charge on any atom is -0.349 e. The van der Waals surface area contributed by atoms with Crippen molar-refractivity contribution in [1.82, 2.24) is 5.32 Å². The molecule has 20 heavy (non-hydrogen) atoms. The third-order valence-corrected chi connectivity index (χ3v) is 4.28. The van der Waals surface area contributed by atoms with Gasteiger partial charge in [-0.05, 0) is 36.6 Å². The number of rotatable bonds is 4. The number of carbonyl (C=O) groups is 1. The molecule has 2 nitrogen and oxygen atoms in total. The van der Waals surface area contributed by atoms with E-state index < -0.39 is 0 Å². The van der Waals surface area contributed by atoms with Crippen molar-refractivity contribution < 1.29 is 4.79 Å². The van der Waals surface area contributed by atoms with Gasteiger partial charge in [-0.3, -0.25) is 4.79 Å². The van der Waals surface area contributed by atoms with Crippen LogP contribution in [-0.4, -0.2) is 11.9 Å². The standard InChI is InChI=1S/C14H13Cl2NOS.H2S/c1-9(7-11-3-2-6-19-11)17-14(18)10-4-5-12(15)13(16)8-10;/h2-6,8-9H,7H2,1H3,(H,17,18);1H2/t9-;/m0./s1. The largest absolute Gasteiger partial charge is 0.349 e. The lowest BCUT2D eigenvalue weighted by Gasteiger charge is -2.13. The maximum atomic E-state index is 12.0. The Morgan fingerprint density at radius 3 is 2.65 bits per heavy atom. The number of thiophene rings is 1. The highest BCUT2D eigenvalue weighted by molar-refractivity contribution is 7.59. The van der Waals surface area contributed by atoms with E-state index >= 15 is 0 Å². The van der Waals surface area contributed by atoms with E-state index in [9.17, 15) is 4.79 Å². The molecule has 2 rings (SSSR count). The highest BCUT2D eigenvalue weighted by atomic mass is 35.5. The number of amides is 1. The molecule has 0 spiro atoms. The van der Waals surface area contributed by atoms with E-state index in [1.807, 2.05) is 18.4 Å². The summed E-state index contributed by atoms with van der Waals surface area (Å²) in [7, 11) is 0. The van der Waals surface area contributed by atoms with Crippen LogP contribution in [0.1, 0.15) is 22.2 Å². The zero-order valence-electron chi connectivity index (χ0n) is 10.8. The normalized spacial score (nSPS) is 11.6. The van der Waals surface area contributed by atoms with Crippen molar-refractivity contribution in [3.63, 3.8) is 0 Å². The summed E-state index contributed by atoms with van der Waals surface area (Å²) in [6.07, 6.45) is 0.824. The molecule has 1 aromatic carbocycles. The van der Waals surface area contributed by atoms with Crippen LogP contribution in [0.2, 0.25) is 10.0 Å². The molecule has 0 aliphatic rings. The van der Waals surface area contributed by atoms with E-state index in [0.717, 1.165) is 6.42 Å². The van der Waals surface area contributed by atoms with Gasteiger partial charge >= 0.3 is 0 Å². The van der Waals surface area contributed by atoms with Crippen LogP contribution in [0, 0.1) is 0 Å². The lowest BCUT2D eigenvalue weighted by molar-refractivity contribution is 0.0940. The van der Waals surface area contributed by atoms with Gasteiger partial charge in [-0.15, -0.1) is 11.3 Å². The van der Waals surface area contributed by atoms with Gasteiger partial charge in [0.2, 0.25) is 0 Å². The van der Waals surface area contributed by atoms with Crippen molar-refractivity contribution in [2.45, 2.75) is 19.4 Å². The first-order chi connectivity index (χ1) is 9.06. The lowest BCUT2D eigenvalue weighted by Crippen LogP contribution is -2.33. The van der Waals surface area contributed by atoms with Gasteiger partial charge in [-0.25, -0.2) is 0 Å². The van der Waals surface area contributed by atoms with Crippen molar-refractivity contribution in [2.75, 3.05) is 0 Å². The Labute approximate surface area is 139 Å². The fourth-order valence-electron chi connectivity index (χ4n) is 1.73. The fourth-order valence-corrected chi connectivity index (χ4v) is 2.86. The van der Waals surface area contributed by atoms with Crippen LogP contribution >= 0.6 is 48.0 Å². The molecule has 2 aromatic rings. The van der Waals surface area contributed by atoms with Crippen LogP contribution in [0.5, 0.6) is 0 Å². The van der Waals surface area contributed by atoms with Crippen LogP contribution in [0.15, 0.2) is 35.7 Å². The second-order valence-corrected chi connectivity index (χ2v) is 6.13. The van der Waals surface area contributed by atoms with Crippen LogP contribution in [-0.2, 0) is 6.42 Å². The van der Waals surface area contributed by atoms with Crippen LogP contribution in [0.25, 0.3) is 0 Å². The number of halogens is 2. The predicted octanol–water partition coefficient (Wildman–Crippen LogP) is 4.53. The van der Waals surface area contributed by atoms with Crippen LogP contribution in [0.3, 0.4) is 0 Å². The van der Waals surface area contributed by atoms with Gasteiger partial charge in [0.15, 0.2) is 0 Å². The number of hydrogen-bond acceptors (Lipinski definition) is 2. The molecular weight excluding hydrogens is 333 g/mol. The molecule has 1 atom stereocenters. The quantitative estimate of drug-likeness (QED) is 0.864. The van der Waals surface area contributed by atoms with E-state index in [0.29, 0.717) is 15.6 Å². The first-order valence-corrected chi connectivity index (χ1v) is 7.48. The van der Waals surface area contributed by atoms with Crippen molar-refractivity contribution in [1.29, 1.82) is 0 Å². The molecule has 0 radical (unpaired) electrons. The van der Waals surface area contributed by atoms with Gasteiger partial charge in [0.1, 0.15) is 0 Å². The molecule has 1 N–H and O–H groups in total. The molecular formula is C14H15Cl2NOS2. The maximum absolute atomic E-state index is 12.0. The maximum Gasteiger partial charge on any atom is 0.251 e. The summed E-state index contributed by atoms with van der Waals surface area (Å²) in [6.45, 7) is 1.98. The summed E-state index contributed by atoms with van der Waals surface area (Å²) in [6, 6.07) is 9.02. The second kappa shape index (κ2) is 7.93. The molecule has 0 aliphatic carbocycles.